The van der Waals surface area contributed by atoms with Crippen LogP contribution in [0.2, 0.25) is 10.0 Å². The van der Waals surface area contributed by atoms with Crippen molar-refractivity contribution in [1.82, 2.24) is 4.90 Å². The van der Waals surface area contributed by atoms with E-state index in [2.05, 4.69) is 0 Å². The SMILES string of the molecule is CC(C)OC(=O)COC(=O)[C@H](C)N1C(=O)c2cc(Cl)c(Cl)cc2C1=O. The number of hydrogen-bond donors (Lipinski definition) is 0. The molecule has 0 unspecified atom stereocenters. The molecular weight excluding hydrogens is 373 g/mol. The number of carbonyl (C=O) groups is 4. The van der Waals surface area contributed by atoms with E-state index in [0.29, 0.717) is 0 Å². The van der Waals surface area contributed by atoms with Gasteiger partial charge in [0.15, 0.2) is 6.61 Å². The fourth-order valence-electron chi connectivity index (χ4n) is 2.26. The maximum atomic E-state index is 12.4. The number of imide groups is 1. The molecule has 1 atom stereocenters. The van der Waals surface area contributed by atoms with Crippen LogP contribution in [0.1, 0.15) is 41.5 Å². The number of ether oxygens (including phenoxy) is 2. The van der Waals surface area contributed by atoms with Crippen LogP contribution in [0.4, 0.5) is 0 Å². The predicted octanol–water partition coefficient (Wildman–Crippen LogP) is 2.47. The molecule has 0 fully saturated rings. The van der Waals surface area contributed by atoms with Gasteiger partial charge in [0.25, 0.3) is 11.8 Å². The van der Waals surface area contributed by atoms with E-state index in [9.17, 15) is 19.2 Å². The molecule has 0 N–H and O–H groups in total. The van der Waals surface area contributed by atoms with Crippen molar-refractivity contribution in [3.05, 3.63) is 33.3 Å². The van der Waals surface area contributed by atoms with Crippen molar-refractivity contribution in [1.29, 1.82) is 0 Å². The molecule has 134 valence electrons. The lowest BCUT2D eigenvalue weighted by Gasteiger charge is -2.20. The van der Waals surface area contributed by atoms with Crippen molar-refractivity contribution in [3.63, 3.8) is 0 Å². The molecule has 0 saturated heterocycles. The molecule has 7 nitrogen and oxygen atoms in total. The van der Waals surface area contributed by atoms with Crippen molar-refractivity contribution in [2.45, 2.75) is 32.9 Å². The first kappa shape index (κ1) is 19.2. The van der Waals surface area contributed by atoms with Crippen LogP contribution < -0.4 is 0 Å². The number of nitrogens with zero attached hydrogens (tertiary/aromatic N) is 1. The Bertz CT molecular complexity index is 720. The Hall–Kier alpha value is -2.12. The summed E-state index contributed by atoms with van der Waals surface area (Å²) in [5, 5.41) is 0.241. The van der Waals surface area contributed by atoms with E-state index in [1.807, 2.05) is 0 Å². The highest BCUT2D eigenvalue weighted by Gasteiger charge is 2.42. The van der Waals surface area contributed by atoms with Crippen LogP contribution >= 0.6 is 23.2 Å². The first-order valence-corrected chi connectivity index (χ1v) is 8.12. The lowest BCUT2D eigenvalue weighted by molar-refractivity contribution is -0.162. The van der Waals surface area contributed by atoms with E-state index >= 15 is 0 Å². The Morgan fingerprint density at radius 1 is 1.04 bits per heavy atom. The van der Waals surface area contributed by atoms with Crippen molar-refractivity contribution in [3.8, 4) is 0 Å². The van der Waals surface area contributed by atoms with Gasteiger partial charge in [-0.3, -0.25) is 14.5 Å². The van der Waals surface area contributed by atoms with Gasteiger partial charge in [0.2, 0.25) is 0 Å². The molecule has 0 aromatic heterocycles. The van der Waals surface area contributed by atoms with Crippen molar-refractivity contribution in [2.24, 2.45) is 0 Å². The first-order chi connectivity index (χ1) is 11.6. The maximum absolute atomic E-state index is 12.4. The third-order valence-electron chi connectivity index (χ3n) is 3.39. The first-order valence-electron chi connectivity index (χ1n) is 7.36. The highest BCUT2D eigenvalue weighted by atomic mass is 35.5. The van der Waals surface area contributed by atoms with E-state index in [1.54, 1.807) is 13.8 Å². The Morgan fingerprint density at radius 2 is 1.52 bits per heavy atom. The van der Waals surface area contributed by atoms with Gasteiger partial charge in [0, 0.05) is 0 Å². The molecule has 0 spiro atoms. The smallest absolute Gasteiger partial charge is 0.344 e. The van der Waals surface area contributed by atoms with E-state index in [4.69, 9.17) is 32.7 Å². The molecule has 1 aliphatic rings. The average molecular weight is 388 g/mol. The van der Waals surface area contributed by atoms with Crippen LogP contribution in [0.3, 0.4) is 0 Å². The quantitative estimate of drug-likeness (QED) is 0.569. The molecule has 9 heteroatoms. The van der Waals surface area contributed by atoms with Crippen LogP contribution in [0.5, 0.6) is 0 Å². The Labute approximate surface area is 153 Å². The van der Waals surface area contributed by atoms with Crippen molar-refractivity contribution >= 4 is 47.0 Å². The minimum absolute atomic E-state index is 0.0540. The summed E-state index contributed by atoms with van der Waals surface area (Å²) in [7, 11) is 0. The molecule has 0 aliphatic carbocycles. The number of amides is 2. The van der Waals surface area contributed by atoms with E-state index in [0.717, 1.165) is 4.90 Å². The number of fused-ring (bicyclic) bond motifs is 1. The minimum atomic E-state index is -1.23. The zero-order valence-electron chi connectivity index (χ0n) is 13.7. The van der Waals surface area contributed by atoms with Gasteiger partial charge < -0.3 is 9.47 Å². The fourth-order valence-corrected chi connectivity index (χ4v) is 2.58. The monoisotopic (exact) mass is 387 g/mol. The van der Waals surface area contributed by atoms with Gasteiger partial charge in [-0.15, -0.1) is 0 Å². The summed E-state index contributed by atoms with van der Waals surface area (Å²) < 4.78 is 9.64. The summed E-state index contributed by atoms with van der Waals surface area (Å²) in [6.45, 7) is 4.01. The number of benzene rings is 1. The second-order valence-corrected chi connectivity index (χ2v) is 6.43. The highest BCUT2D eigenvalue weighted by Crippen LogP contribution is 2.32. The largest absolute Gasteiger partial charge is 0.460 e. The number of halogens is 2. The third-order valence-corrected chi connectivity index (χ3v) is 4.11. The van der Waals surface area contributed by atoms with E-state index in [1.165, 1.54) is 19.1 Å². The second kappa shape index (κ2) is 7.41. The Morgan fingerprint density at radius 3 is 1.96 bits per heavy atom. The molecular formula is C16H15Cl2NO6. The number of esters is 2. The number of carbonyl (C=O) groups excluding carboxylic acids is 4. The molecule has 2 rings (SSSR count). The van der Waals surface area contributed by atoms with Gasteiger partial charge in [0.1, 0.15) is 6.04 Å². The standard InChI is InChI=1S/C16H15Cl2NO6/c1-7(2)25-13(20)6-24-16(23)8(3)19-14(21)9-4-11(17)12(18)5-10(9)15(19)22/h4-5,7-8H,6H2,1-3H3/t8-/m0/s1. The molecule has 0 radical (unpaired) electrons. The molecule has 25 heavy (non-hydrogen) atoms. The normalized spacial score (nSPS) is 14.6. The predicted molar refractivity (Wildman–Crippen MR) is 88.6 cm³/mol. The van der Waals surface area contributed by atoms with Crippen LogP contribution in [0.25, 0.3) is 0 Å². The van der Waals surface area contributed by atoms with E-state index < -0.39 is 36.4 Å². The van der Waals surface area contributed by atoms with Gasteiger partial charge in [-0.1, -0.05) is 23.2 Å². The zero-order chi connectivity index (χ0) is 18.9. The molecule has 1 aromatic carbocycles. The molecule has 0 bridgehead atoms. The Kier molecular flexibility index (Phi) is 5.69. The molecule has 1 heterocycles. The van der Waals surface area contributed by atoms with Crippen molar-refractivity contribution < 1.29 is 28.7 Å². The fraction of sp³-hybridized carbons (Fsp3) is 0.375. The summed E-state index contributed by atoms with van der Waals surface area (Å²) in [5.41, 5.74) is 0.108. The van der Waals surface area contributed by atoms with Crippen LogP contribution in [-0.4, -0.2) is 47.4 Å². The summed E-state index contributed by atoms with van der Waals surface area (Å²) in [6, 6.07) is 1.33. The summed E-state index contributed by atoms with van der Waals surface area (Å²) >= 11 is 11.7. The topological polar surface area (TPSA) is 90.0 Å². The van der Waals surface area contributed by atoms with E-state index in [-0.39, 0.29) is 27.3 Å². The molecule has 1 aromatic rings. The summed E-state index contributed by atoms with van der Waals surface area (Å²) in [6.07, 6.45) is -0.352. The van der Waals surface area contributed by atoms with Crippen molar-refractivity contribution in [2.75, 3.05) is 6.61 Å². The lowest BCUT2D eigenvalue weighted by atomic mass is 10.1. The second-order valence-electron chi connectivity index (χ2n) is 5.61. The summed E-state index contributed by atoms with van der Waals surface area (Å²) in [4.78, 5) is 49.0. The van der Waals surface area contributed by atoms with Gasteiger partial charge in [-0.05, 0) is 32.9 Å². The zero-order valence-corrected chi connectivity index (χ0v) is 15.2. The highest BCUT2D eigenvalue weighted by molar-refractivity contribution is 6.43. The average Bonchev–Trinajstić information content (AvgIpc) is 2.75. The van der Waals surface area contributed by atoms with Gasteiger partial charge in [0.05, 0.1) is 27.3 Å². The summed E-state index contributed by atoms with van der Waals surface area (Å²) in [5.74, 6) is -3.01. The number of rotatable bonds is 5. The maximum Gasteiger partial charge on any atom is 0.344 e. The van der Waals surface area contributed by atoms with Crippen LogP contribution in [-0.2, 0) is 19.1 Å². The van der Waals surface area contributed by atoms with Crippen LogP contribution in [0.15, 0.2) is 12.1 Å². The lowest BCUT2D eigenvalue weighted by Crippen LogP contribution is -2.44. The Balaban J connectivity index is 2.11. The van der Waals surface area contributed by atoms with Gasteiger partial charge in [-0.25, -0.2) is 9.59 Å². The molecule has 0 saturated carbocycles. The van der Waals surface area contributed by atoms with Gasteiger partial charge in [-0.2, -0.15) is 0 Å². The third kappa shape index (κ3) is 3.93. The molecule has 1 aliphatic heterocycles. The number of hydrogen-bond acceptors (Lipinski definition) is 6. The van der Waals surface area contributed by atoms with Gasteiger partial charge >= 0.3 is 11.9 Å². The molecule has 2 amide bonds. The minimum Gasteiger partial charge on any atom is -0.460 e. The van der Waals surface area contributed by atoms with Crippen LogP contribution in [0, 0.1) is 0 Å².